The number of hydrogen-bond donors (Lipinski definition) is 4. The van der Waals surface area contributed by atoms with Crippen LogP contribution in [-0.4, -0.2) is 67.1 Å². The maximum Gasteiger partial charge on any atom is 0.209 e. The van der Waals surface area contributed by atoms with Crippen molar-refractivity contribution in [3.8, 4) is 0 Å². The van der Waals surface area contributed by atoms with Gasteiger partial charge in [-0.2, -0.15) is 5.43 Å². The Balaban J connectivity index is 1.35. The van der Waals surface area contributed by atoms with Crippen molar-refractivity contribution in [1.29, 1.82) is 0 Å². The number of benzene rings is 1. The van der Waals surface area contributed by atoms with Gasteiger partial charge in [0.05, 0.1) is 5.69 Å². The van der Waals surface area contributed by atoms with Gasteiger partial charge in [-0.3, -0.25) is 21.0 Å². The lowest BCUT2D eigenvalue weighted by atomic mass is 10.0. The molecule has 0 spiro atoms. The molecule has 2 saturated heterocycles. The fourth-order valence-corrected chi connectivity index (χ4v) is 4.63. The third kappa shape index (κ3) is 4.18. The molecular formula is C20H33FN8. The summed E-state index contributed by atoms with van der Waals surface area (Å²) in [4.78, 5) is 11.4. The molecule has 0 amide bonds. The van der Waals surface area contributed by atoms with E-state index in [9.17, 15) is 4.39 Å². The summed E-state index contributed by atoms with van der Waals surface area (Å²) in [6.07, 6.45) is 2.13. The summed E-state index contributed by atoms with van der Waals surface area (Å²) in [5.74, 6) is -1.33. The van der Waals surface area contributed by atoms with E-state index < -0.39 is 5.79 Å². The van der Waals surface area contributed by atoms with E-state index in [0.717, 1.165) is 52.1 Å². The number of anilines is 1. The topological polar surface area (TPSA) is 98.2 Å². The Hall–Kier alpha value is -1.94. The summed E-state index contributed by atoms with van der Waals surface area (Å²) in [5, 5.41) is 0. The SMILES string of the molecule is CC(C)N1CCN(C2CCN(c3ccc(C4(N)N=C(N)NN4)cc3F)CC2)CC1. The van der Waals surface area contributed by atoms with Crippen LogP contribution >= 0.6 is 0 Å². The first kappa shape index (κ1) is 20.3. The van der Waals surface area contributed by atoms with E-state index in [1.54, 1.807) is 6.07 Å². The lowest BCUT2D eigenvalue weighted by molar-refractivity contribution is 0.0692. The molecule has 8 nitrogen and oxygen atoms in total. The maximum absolute atomic E-state index is 14.9. The average Bonchev–Trinajstić information content (AvgIpc) is 3.08. The third-order valence-corrected chi connectivity index (χ3v) is 6.47. The van der Waals surface area contributed by atoms with Gasteiger partial charge in [-0.05, 0) is 38.8 Å². The fraction of sp³-hybridized carbons (Fsp3) is 0.650. The molecule has 2 fully saturated rings. The number of hydrogen-bond acceptors (Lipinski definition) is 8. The van der Waals surface area contributed by atoms with Gasteiger partial charge >= 0.3 is 0 Å². The number of aliphatic imine (C=N–C) groups is 1. The smallest absolute Gasteiger partial charge is 0.209 e. The van der Waals surface area contributed by atoms with Crippen molar-refractivity contribution >= 4 is 11.6 Å². The molecule has 4 rings (SSSR count). The molecule has 9 heteroatoms. The Kier molecular flexibility index (Phi) is 5.65. The Morgan fingerprint density at radius 1 is 1.14 bits per heavy atom. The van der Waals surface area contributed by atoms with Crippen molar-refractivity contribution in [3.05, 3.63) is 29.6 Å². The van der Waals surface area contributed by atoms with Gasteiger partial charge in [0.1, 0.15) is 5.82 Å². The van der Waals surface area contributed by atoms with Crippen LogP contribution in [0.4, 0.5) is 10.1 Å². The van der Waals surface area contributed by atoms with Crippen molar-refractivity contribution < 1.29 is 4.39 Å². The first-order valence-corrected chi connectivity index (χ1v) is 10.6. The molecule has 0 saturated carbocycles. The summed E-state index contributed by atoms with van der Waals surface area (Å²) in [6, 6.07) is 6.28. The molecule has 3 aliphatic heterocycles. The second-order valence-electron chi connectivity index (χ2n) is 8.56. The highest BCUT2D eigenvalue weighted by atomic mass is 19.1. The van der Waals surface area contributed by atoms with E-state index in [2.05, 4.69) is 44.4 Å². The standard InChI is InChI=1S/C20H33FN8/c1-14(2)27-9-11-28(12-10-27)16-5-7-29(8-6-16)18-4-3-15(13-17(18)21)20(23)24-19(22)25-26-20/h3-4,13-14,16,26H,5-12,23H2,1-2H3,(H3,22,24,25). The van der Waals surface area contributed by atoms with Gasteiger partial charge in [0.25, 0.3) is 0 Å². The van der Waals surface area contributed by atoms with Crippen LogP contribution in [0.15, 0.2) is 23.2 Å². The lowest BCUT2D eigenvalue weighted by Crippen LogP contribution is -2.54. The van der Waals surface area contributed by atoms with E-state index >= 15 is 0 Å². The molecule has 1 atom stereocenters. The van der Waals surface area contributed by atoms with Crippen LogP contribution in [0.1, 0.15) is 32.3 Å². The minimum absolute atomic E-state index is 0.188. The zero-order valence-electron chi connectivity index (χ0n) is 17.4. The van der Waals surface area contributed by atoms with Crippen LogP contribution in [0.2, 0.25) is 0 Å². The second-order valence-corrected chi connectivity index (χ2v) is 8.56. The van der Waals surface area contributed by atoms with Crippen LogP contribution in [-0.2, 0) is 5.79 Å². The maximum atomic E-state index is 14.9. The molecule has 0 radical (unpaired) electrons. The number of guanidine groups is 1. The molecule has 3 aliphatic rings. The minimum Gasteiger partial charge on any atom is -0.369 e. The second kappa shape index (κ2) is 8.06. The lowest BCUT2D eigenvalue weighted by Gasteiger charge is -2.44. The summed E-state index contributed by atoms with van der Waals surface area (Å²) in [7, 11) is 0. The van der Waals surface area contributed by atoms with Crippen LogP contribution < -0.4 is 27.2 Å². The molecule has 6 N–H and O–H groups in total. The van der Waals surface area contributed by atoms with Crippen LogP contribution in [0.3, 0.4) is 0 Å². The van der Waals surface area contributed by atoms with Crippen molar-refractivity contribution in [3.63, 3.8) is 0 Å². The van der Waals surface area contributed by atoms with E-state index in [1.165, 1.54) is 6.07 Å². The Morgan fingerprint density at radius 3 is 2.38 bits per heavy atom. The van der Waals surface area contributed by atoms with Crippen molar-refractivity contribution in [2.75, 3.05) is 44.2 Å². The number of nitrogens with one attached hydrogen (secondary N) is 2. The monoisotopic (exact) mass is 404 g/mol. The molecule has 160 valence electrons. The highest BCUT2D eigenvalue weighted by Crippen LogP contribution is 2.29. The van der Waals surface area contributed by atoms with Gasteiger partial charge in [-0.15, -0.1) is 0 Å². The quantitative estimate of drug-likeness (QED) is 0.573. The number of hydrazine groups is 1. The molecule has 0 aliphatic carbocycles. The van der Waals surface area contributed by atoms with E-state index in [-0.39, 0.29) is 11.8 Å². The number of piperazine rings is 1. The van der Waals surface area contributed by atoms with Gasteiger partial charge in [0, 0.05) is 56.9 Å². The Morgan fingerprint density at radius 2 is 1.83 bits per heavy atom. The van der Waals surface area contributed by atoms with E-state index in [0.29, 0.717) is 23.3 Å². The molecule has 0 aromatic heterocycles. The molecule has 1 aromatic carbocycles. The highest BCUT2D eigenvalue weighted by Gasteiger charge is 2.33. The molecule has 1 aromatic rings. The average molecular weight is 405 g/mol. The zero-order chi connectivity index (χ0) is 20.6. The number of halogens is 1. The zero-order valence-corrected chi connectivity index (χ0v) is 17.4. The summed E-state index contributed by atoms with van der Waals surface area (Å²) >= 11 is 0. The number of piperidine rings is 1. The Labute approximate surface area is 172 Å². The minimum atomic E-state index is -1.24. The van der Waals surface area contributed by atoms with Crippen LogP contribution in [0, 0.1) is 5.82 Å². The molecule has 0 bridgehead atoms. The summed E-state index contributed by atoms with van der Waals surface area (Å²) in [5.41, 5.74) is 18.4. The predicted molar refractivity (Wildman–Crippen MR) is 114 cm³/mol. The first-order chi connectivity index (χ1) is 13.9. The highest BCUT2D eigenvalue weighted by molar-refractivity contribution is 5.79. The fourth-order valence-electron chi connectivity index (χ4n) is 4.63. The van der Waals surface area contributed by atoms with E-state index in [1.807, 2.05) is 6.07 Å². The van der Waals surface area contributed by atoms with Gasteiger partial charge in [-0.25, -0.2) is 9.38 Å². The van der Waals surface area contributed by atoms with Crippen molar-refractivity contribution in [1.82, 2.24) is 20.7 Å². The number of nitrogens with zero attached hydrogens (tertiary/aromatic N) is 4. The van der Waals surface area contributed by atoms with Gasteiger partial charge in [0.2, 0.25) is 11.7 Å². The molecule has 29 heavy (non-hydrogen) atoms. The molecule has 1 unspecified atom stereocenters. The summed E-state index contributed by atoms with van der Waals surface area (Å²) in [6.45, 7) is 10.8. The molecular weight excluding hydrogens is 371 g/mol. The molecule has 3 heterocycles. The first-order valence-electron chi connectivity index (χ1n) is 10.6. The predicted octanol–water partition coefficient (Wildman–Crippen LogP) is 0.312. The van der Waals surface area contributed by atoms with Crippen molar-refractivity contribution in [2.45, 2.75) is 44.6 Å². The number of nitrogens with two attached hydrogens (primary N) is 2. The summed E-state index contributed by atoms with van der Waals surface area (Å²) < 4.78 is 14.9. The van der Waals surface area contributed by atoms with Crippen LogP contribution in [0.5, 0.6) is 0 Å². The largest absolute Gasteiger partial charge is 0.369 e. The van der Waals surface area contributed by atoms with Crippen molar-refractivity contribution in [2.24, 2.45) is 16.5 Å². The normalized spacial score (nSPS) is 27.3. The van der Waals surface area contributed by atoms with Gasteiger partial charge in [-0.1, -0.05) is 6.07 Å². The number of rotatable bonds is 4. The Bertz CT molecular complexity index is 753. The third-order valence-electron chi connectivity index (χ3n) is 6.47. The van der Waals surface area contributed by atoms with Gasteiger partial charge < -0.3 is 10.6 Å². The van der Waals surface area contributed by atoms with Gasteiger partial charge in [0.15, 0.2) is 0 Å². The van der Waals surface area contributed by atoms with E-state index in [4.69, 9.17) is 11.5 Å². The van der Waals surface area contributed by atoms with Crippen LogP contribution in [0.25, 0.3) is 0 Å².